The Hall–Kier alpha value is -2.68. The quantitative estimate of drug-likeness (QED) is 0.663. The summed E-state index contributed by atoms with van der Waals surface area (Å²) < 4.78 is 50.4. The van der Waals surface area contributed by atoms with Gasteiger partial charge in [0.05, 0.1) is 16.9 Å². The summed E-state index contributed by atoms with van der Waals surface area (Å²) in [6, 6.07) is 9.32. The Kier molecular flexibility index (Phi) is 5.90. The Labute approximate surface area is 178 Å². The third kappa shape index (κ3) is 4.72. The molecule has 0 saturated carbocycles. The number of thiocarbonyl (C=S) groups is 1. The van der Waals surface area contributed by atoms with Crippen LogP contribution in [0.5, 0.6) is 11.5 Å². The number of piperidine rings is 1. The first-order chi connectivity index (χ1) is 14.4. The van der Waals surface area contributed by atoms with Crippen LogP contribution in [0.3, 0.4) is 0 Å². The number of hydrogen-bond donors (Lipinski definition) is 2. The molecule has 1 saturated heterocycles. The van der Waals surface area contributed by atoms with E-state index in [4.69, 9.17) is 21.7 Å². The van der Waals surface area contributed by atoms with Crippen molar-refractivity contribution in [3.05, 3.63) is 47.5 Å². The predicted octanol–water partition coefficient (Wildman–Crippen LogP) is 4.91. The number of nitrogens with zero attached hydrogens (tertiary/aromatic N) is 1. The summed E-state index contributed by atoms with van der Waals surface area (Å²) in [5, 5.41) is 6.27. The van der Waals surface area contributed by atoms with Gasteiger partial charge in [0, 0.05) is 19.6 Å². The first kappa shape index (κ1) is 20.6. The number of nitrogens with one attached hydrogen (secondary N) is 2. The molecule has 2 heterocycles. The molecule has 0 aliphatic carbocycles. The van der Waals surface area contributed by atoms with Gasteiger partial charge in [0.25, 0.3) is 0 Å². The lowest BCUT2D eigenvalue weighted by molar-refractivity contribution is -0.137. The van der Waals surface area contributed by atoms with Gasteiger partial charge in [-0.15, -0.1) is 0 Å². The summed E-state index contributed by atoms with van der Waals surface area (Å²) in [4.78, 5) is 2.10. The van der Waals surface area contributed by atoms with Crippen LogP contribution in [0.1, 0.15) is 30.4 Å². The van der Waals surface area contributed by atoms with Crippen LogP contribution in [0.15, 0.2) is 36.4 Å². The number of anilines is 2. The fraction of sp³-hybridized carbons (Fsp3) is 0.381. The number of alkyl halides is 3. The number of ether oxygens (including phenoxy) is 2. The summed E-state index contributed by atoms with van der Waals surface area (Å²) in [5.74, 6) is 1.35. The summed E-state index contributed by atoms with van der Waals surface area (Å²) in [6.45, 7) is 2.23. The molecule has 0 amide bonds. The number of hydrogen-bond acceptors (Lipinski definition) is 4. The topological polar surface area (TPSA) is 45.8 Å². The van der Waals surface area contributed by atoms with Crippen LogP contribution in [0.2, 0.25) is 0 Å². The van der Waals surface area contributed by atoms with Crippen molar-refractivity contribution in [2.45, 2.75) is 32.0 Å². The van der Waals surface area contributed by atoms with Crippen molar-refractivity contribution in [3.63, 3.8) is 0 Å². The maximum atomic E-state index is 13.2. The summed E-state index contributed by atoms with van der Waals surface area (Å²) in [6.07, 6.45) is -1.24. The Morgan fingerprint density at radius 3 is 2.53 bits per heavy atom. The highest BCUT2D eigenvalue weighted by atomic mass is 32.1. The van der Waals surface area contributed by atoms with Gasteiger partial charge < -0.3 is 25.0 Å². The van der Waals surface area contributed by atoms with Gasteiger partial charge in [-0.05, 0) is 67.4 Å². The van der Waals surface area contributed by atoms with Crippen LogP contribution in [0, 0.1) is 0 Å². The van der Waals surface area contributed by atoms with Crippen molar-refractivity contribution in [2.75, 3.05) is 30.1 Å². The van der Waals surface area contributed by atoms with Crippen molar-refractivity contribution < 1.29 is 22.6 Å². The summed E-state index contributed by atoms with van der Waals surface area (Å²) in [5.41, 5.74) is 1.30. The normalized spacial score (nSPS) is 15.8. The number of halogens is 3. The molecule has 9 heteroatoms. The predicted molar refractivity (Wildman–Crippen MR) is 113 cm³/mol. The molecule has 0 aromatic heterocycles. The molecule has 2 aliphatic rings. The van der Waals surface area contributed by atoms with Crippen molar-refractivity contribution >= 4 is 28.7 Å². The highest BCUT2D eigenvalue weighted by molar-refractivity contribution is 7.80. The van der Waals surface area contributed by atoms with Crippen molar-refractivity contribution in [1.29, 1.82) is 0 Å². The second kappa shape index (κ2) is 8.59. The minimum absolute atomic E-state index is 0.195. The summed E-state index contributed by atoms with van der Waals surface area (Å²) in [7, 11) is 0. The van der Waals surface area contributed by atoms with Crippen LogP contribution < -0.4 is 25.0 Å². The molecule has 0 atom stereocenters. The molecule has 2 aliphatic heterocycles. The maximum absolute atomic E-state index is 13.2. The lowest BCUT2D eigenvalue weighted by Gasteiger charge is -2.31. The highest BCUT2D eigenvalue weighted by Gasteiger charge is 2.31. The van der Waals surface area contributed by atoms with Crippen molar-refractivity contribution in [1.82, 2.24) is 5.32 Å². The molecule has 0 radical (unpaired) electrons. The fourth-order valence-electron chi connectivity index (χ4n) is 3.62. The smallest absolute Gasteiger partial charge is 0.416 e. The minimum atomic E-state index is -4.42. The van der Waals surface area contributed by atoms with E-state index >= 15 is 0 Å². The Balaban J connectivity index is 1.47. The fourth-order valence-corrected chi connectivity index (χ4v) is 3.80. The van der Waals surface area contributed by atoms with E-state index in [9.17, 15) is 13.2 Å². The molecule has 2 aromatic carbocycles. The minimum Gasteiger partial charge on any atom is -0.454 e. The van der Waals surface area contributed by atoms with Gasteiger partial charge in [-0.1, -0.05) is 6.07 Å². The van der Waals surface area contributed by atoms with Gasteiger partial charge in [-0.2, -0.15) is 13.2 Å². The number of benzene rings is 2. The Morgan fingerprint density at radius 2 is 1.77 bits per heavy atom. The molecule has 1 fully saturated rings. The zero-order valence-corrected chi connectivity index (χ0v) is 17.0. The van der Waals surface area contributed by atoms with Gasteiger partial charge >= 0.3 is 6.18 Å². The molecular weight excluding hydrogens is 415 g/mol. The van der Waals surface area contributed by atoms with Gasteiger partial charge in [-0.3, -0.25) is 0 Å². The Morgan fingerprint density at radius 1 is 1.00 bits per heavy atom. The SMILES string of the molecule is FC(F)(F)c1ccc(N2CCCCC2)c(NC(=S)NCc2ccc3c(c2)OCO3)c1. The lowest BCUT2D eigenvalue weighted by atomic mass is 10.1. The average Bonchev–Trinajstić information content (AvgIpc) is 3.20. The average molecular weight is 437 g/mol. The summed E-state index contributed by atoms with van der Waals surface area (Å²) >= 11 is 5.35. The van der Waals surface area contributed by atoms with E-state index in [2.05, 4.69) is 15.5 Å². The van der Waals surface area contributed by atoms with E-state index in [0.29, 0.717) is 23.7 Å². The molecule has 160 valence electrons. The number of rotatable bonds is 4. The standard InChI is InChI=1S/C21H22F3N3O2S/c22-21(23,24)15-5-6-17(27-8-2-1-3-9-27)16(11-15)26-20(30)25-12-14-4-7-18-19(10-14)29-13-28-18/h4-7,10-11H,1-3,8-9,12-13H2,(H2,25,26,30). The third-order valence-electron chi connectivity index (χ3n) is 5.16. The van der Waals surface area contributed by atoms with Gasteiger partial charge in [0.15, 0.2) is 16.6 Å². The molecule has 0 bridgehead atoms. The zero-order valence-electron chi connectivity index (χ0n) is 16.2. The molecule has 30 heavy (non-hydrogen) atoms. The Bertz CT molecular complexity index is 930. The third-order valence-corrected chi connectivity index (χ3v) is 5.41. The van der Waals surface area contributed by atoms with Crippen LogP contribution in [0.25, 0.3) is 0 Å². The zero-order chi connectivity index (χ0) is 21.1. The number of fused-ring (bicyclic) bond motifs is 1. The van der Waals surface area contributed by atoms with Crippen molar-refractivity contribution in [3.8, 4) is 11.5 Å². The van der Waals surface area contributed by atoms with Crippen LogP contribution in [0.4, 0.5) is 24.5 Å². The van der Waals surface area contributed by atoms with E-state index in [1.54, 1.807) is 0 Å². The largest absolute Gasteiger partial charge is 0.454 e. The van der Waals surface area contributed by atoms with Crippen LogP contribution in [-0.4, -0.2) is 25.0 Å². The molecule has 4 rings (SSSR count). The molecule has 0 spiro atoms. The van der Waals surface area contributed by atoms with Gasteiger partial charge in [0.1, 0.15) is 0 Å². The molecule has 2 aromatic rings. The monoisotopic (exact) mass is 437 g/mol. The van der Waals surface area contributed by atoms with E-state index in [-0.39, 0.29) is 11.9 Å². The van der Waals surface area contributed by atoms with E-state index in [1.165, 1.54) is 6.07 Å². The molecular formula is C21H22F3N3O2S. The molecule has 5 nitrogen and oxygen atoms in total. The lowest BCUT2D eigenvalue weighted by Crippen LogP contribution is -2.32. The van der Waals surface area contributed by atoms with E-state index < -0.39 is 11.7 Å². The first-order valence-electron chi connectivity index (χ1n) is 9.80. The maximum Gasteiger partial charge on any atom is 0.416 e. The molecule has 2 N–H and O–H groups in total. The van der Waals surface area contributed by atoms with Gasteiger partial charge in [-0.25, -0.2) is 0 Å². The highest BCUT2D eigenvalue weighted by Crippen LogP contribution is 2.36. The van der Waals surface area contributed by atoms with Crippen molar-refractivity contribution in [2.24, 2.45) is 0 Å². The second-order valence-corrected chi connectivity index (χ2v) is 7.68. The van der Waals surface area contributed by atoms with E-state index in [1.807, 2.05) is 18.2 Å². The van der Waals surface area contributed by atoms with Crippen LogP contribution >= 0.6 is 12.2 Å². The van der Waals surface area contributed by atoms with Gasteiger partial charge in [0.2, 0.25) is 6.79 Å². The van der Waals surface area contributed by atoms with E-state index in [0.717, 1.165) is 55.7 Å². The first-order valence-corrected chi connectivity index (χ1v) is 10.2. The van der Waals surface area contributed by atoms with Crippen LogP contribution in [-0.2, 0) is 12.7 Å². The molecule has 0 unspecified atom stereocenters. The second-order valence-electron chi connectivity index (χ2n) is 7.27.